The molecule has 0 amide bonds. The standard InChI is InChI=1S/C11H13O.W/c1-9-6-10(2)8-11(7-9)4-3-5-12;/h5,7-8H,3-4H2,1-2H3;/q-1;. The zero-order chi connectivity index (χ0) is 8.97. The molecule has 70 valence electrons. The van der Waals surface area contributed by atoms with Gasteiger partial charge in [0.1, 0.15) is 6.29 Å². The third kappa shape index (κ3) is 4.38. The predicted octanol–water partition coefficient (Wildman–Crippen LogP) is 2.23. The molecule has 0 saturated carbocycles. The molecule has 0 saturated heterocycles. The van der Waals surface area contributed by atoms with Crippen molar-refractivity contribution >= 4 is 6.29 Å². The Morgan fingerprint density at radius 2 is 1.85 bits per heavy atom. The van der Waals surface area contributed by atoms with Gasteiger partial charge in [-0.1, -0.05) is 13.8 Å². The van der Waals surface area contributed by atoms with E-state index < -0.39 is 0 Å². The van der Waals surface area contributed by atoms with Gasteiger partial charge in [0.05, 0.1) is 0 Å². The molecule has 0 aliphatic heterocycles. The molecule has 0 aliphatic carbocycles. The molecule has 0 fully saturated rings. The molecule has 0 unspecified atom stereocenters. The normalized spacial score (nSPS) is 9.08. The minimum atomic E-state index is 0. The fourth-order valence-corrected chi connectivity index (χ4v) is 1.35. The number of hydrogen-bond acceptors (Lipinski definition) is 1. The Kier molecular flexibility index (Phi) is 5.90. The van der Waals surface area contributed by atoms with Crippen LogP contribution in [0.1, 0.15) is 23.1 Å². The molecule has 0 radical (unpaired) electrons. The number of carbonyl (C=O) groups excluding carboxylic acids is 1. The minimum Gasteiger partial charge on any atom is -0.303 e. The molecule has 0 aromatic heterocycles. The van der Waals surface area contributed by atoms with Gasteiger partial charge >= 0.3 is 0 Å². The summed E-state index contributed by atoms with van der Waals surface area (Å²) in [5.41, 5.74) is 3.53. The van der Waals surface area contributed by atoms with Gasteiger partial charge < -0.3 is 4.79 Å². The Hall–Kier alpha value is -0.422. The third-order valence-electron chi connectivity index (χ3n) is 1.75. The average molecular weight is 345 g/mol. The van der Waals surface area contributed by atoms with Crippen molar-refractivity contribution in [3.8, 4) is 0 Å². The number of hydrogen-bond donors (Lipinski definition) is 0. The summed E-state index contributed by atoms with van der Waals surface area (Å²) in [5, 5.41) is 0. The van der Waals surface area contributed by atoms with Gasteiger partial charge in [0, 0.05) is 27.5 Å². The number of carbonyl (C=O) groups is 1. The fraction of sp³-hybridized carbons (Fsp3) is 0.364. The summed E-state index contributed by atoms with van der Waals surface area (Å²) < 4.78 is 0. The van der Waals surface area contributed by atoms with Gasteiger partial charge in [0.15, 0.2) is 0 Å². The van der Waals surface area contributed by atoms with Crippen LogP contribution in [0.4, 0.5) is 0 Å². The van der Waals surface area contributed by atoms with Crippen LogP contribution >= 0.6 is 0 Å². The van der Waals surface area contributed by atoms with Gasteiger partial charge in [0.25, 0.3) is 0 Å². The van der Waals surface area contributed by atoms with Crippen LogP contribution in [0, 0.1) is 19.9 Å². The molecule has 13 heavy (non-hydrogen) atoms. The summed E-state index contributed by atoms with van der Waals surface area (Å²) in [5.74, 6) is 0. The molecule has 1 rings (SSSR count). The molecule has 0 aliphatic rings. The molecule has 1 nitrogen and oxygen atoms in total. The molecule has 1 aromatic carbocycles. The molecule has 0 bridgehead atoms. The Bertz CT molecular complexity index is 261. The average Bonchev–Trinajstić information content (AvgIpc) is 1.99. The van der Waals surface area contributed by atoms with Crippen molar-refractivity contribution in [2.45, 2.75) is 26.7 Å². The largest absolute Gasteiger partial charge is 0.303 e. The Morgan fingerprint density at radius 3 is 2.31 bits per heavy atom. The molecule has 2 heteroatoms. The first-order chi connectivity index (χ1) is 5.72. The van der Waals surface area contributed by atoms with Crippen LogP contribution < -0.4 is 0 Å². The van der Waals surface area contributed by atoms with E-state index in [2.05, 4.69) is 18.2 Å². The van der Waals surface area contributed by atoms with Gasteiger partial charge in [-0.15, -0.1) is 0 Å². The topological polar surface area (TPSA) is 17.1 Å². The van der Waals surface area contributed by atoms with E-state index in [4.69, 9.17) is 0 Å². The van der Waals surface area contributed by atoms with Crippen LogP contribution in [0.25, 0.3) is 0 Å². The van der Waals surface area contributed by atoms with Gasteiger partial charge in [0.2, 0.25) is 0 Å². The first kappa shape index (κ1) is 12.6. The van der Waals surface area contributed by atoms with Gasteiger partial charge in [-0.2, -0.15) is 34.9 Å². The van der Waals surface area contributed by atoms with Crippen LogP contribution in [0.2, 0.25) is 0 Å². The van der Waals surface area contributed by atoms with Crippen LogP contribution in [0.5, 0.6) is 0 Å². The van der Waals surface area contributed by atoms with E-state index in [1.54, 1.807) is 0 Å². The third-order valence-corrected chi connectivity index (χ3v) is 1.75. The van der Waals surface area contributed by atoms with Gasteiger partial charge in [-0.25, -0.2) is 0 Å². The zero-order valence-electron chi connectivity index (χ0n) is 7.96. The second-order valence-corrected chi connectivity index (χ2v) is 3.06. The first-order valence-corrected chi connectivity index (χ1v) is 4.15. The van der Waals surface area contributed by atoms with Crippen molar-refractivity contribution in [3.05, 3.63) is 34.9 Å². The second-order valence-electron chi connectivity index (χ2n) is 3.06. The van der Waals surface area contributed by atoms with Crippen molar-refractivity contribution in [2.24, 2.45) is 0 Å². The van der Waals surface area contributed by atoms with Crippen LogP contribution in [0.3, 0.4) is 0 Å². The summed E-state index contributed by atoms with van der Waals surface area (Å²) in [7, 11) is 0. The number of aryl methyl sites for hydroxylation is 3. The molecule has 0 heterocycles. The van der Waals surface area contributed by atoms with Crippen LogP contribution in [-0.4, -0.2) is 6.29 Å². The monoisotopic (exact) mass is 345 g/mol. The fourth-order valence-electron chi connectivity index (χ4n) is 1.35. The van der Waals surface area contributed by atoms with Crippen molar-refractivity contribution in [2.75, 3.05) is 0 Å². The van der Waals surface area contributed by atoms with E-state index in [-0.39, 0.29) is 21.1 Å². The zero-order valence-corrected chi connectivity index (χ0v) is 10.9. The molecule has 0 spiro atoms. The predicted molar refractivity (Wildman–Crippen MR) is 49.1 cm³/mol. The van der Waals surface area contributed by atoms with Crippen LogP contribution in [-0.2, 0) is 32.3 Å². The molecule has 0 atom stereocenters. The maximum atomic E-state index is 10.1. The van der Waals surface area contributed by atoms with Crippen molar-refractivity contribution in [1.29, 1.82) is 0 Å². The maximum absolute atomic E-state index is 10.1. The summed E-state index contributed by atoms with van der Waals surface area (Å²) >= 11 is 0. The number of rotatable bonds is 3. The van der Waals surface area contributed by atoms with Crippen molar-refractivity contribution in [3.63, 3.8) is 0 Å². The molecule has 0 N–H and O–H groups in total. The quantitative estimate of drug-likeness (QED) is 0.607. The summed E-state index contributed by atoms with van der Waals surface area (Å²) in [6.07, 6.45) is 2.42. The maximum Gasteiger partial charge on any atom is 0.120 e. The second kappa shape index (κ2) is 6.10. The first-order valence-electron chi connectivity index (χ1n) is 4.15. The Labute approximate surface area is 93.8 Å². The SMILES string of the molecule is Cc1[c-]c(C)cc(CCC=O)c1.[W]. The summed E-state index contributed by atoms with van der Waals surface area (Å²) in [4.78, 5) is 10.1. The molecule has 1 aromatic rings. The van der Waals surface area contributed by atoms with E-state index in [1.165, 1.54) is 5.56 Å². The number of benzene rings is 1. The van der Waals surface area contributed by atoms with E-state index in [0.29, 0.717) is 6.42 Å². The summed E-state index contributed by atoms with van der Waals surface area (Å²) in [6.45, 7) is 4.05. The number of aldehydes is 1. The van der Waals surface area contributed by atoms with E-state index >= 15 is 0 Å². The van der Waals surface area contributed by atoms with E-state index in [9.17, 15) is 4.79 Å². The smallest absolute Gasteiger partial charge is 0.120 e. The van der Waals surface area contributed by atoms with Crippen molar-refractivity contribution < 1.29 is 25.9 Å². The minimum absolute atomic E-state index is 0. The van der Waals surface area contributed by atoms with Crippen LogP contribution in [0.15, 0.2) is 12.1 Å². The Balaban J connectivity index is 0.00000144. The van der Waals surface area contributed by atoms with Gasteiger partial charge in [-0.05, 0) is 6.42 Å². The van der Waals surface area contributed by atoms with E-state index in [0.717, 1.165) is 23.8 Å². The van der Waals surface area contributed by atoms with Gasteiger partial charge in [-0.3, -0.25) is 0 Å². The molecular weight excluding hydrogens is 332 g/mol. The van der Waals surface area contributed by atoms with E-state index in [1.807, 2.05) is 13.8 Å². The summed E-state index contributed by atoms with van der Waals surface area (Å²) in [6, 6.07) is 7.36. The molecular formula is C11H13OW-. The Morgan fingerprint density at radius 1 is 1.31 bits per heavy atom. The van der Waals surface area contributed by atoms with Crippen molar-refractivity contribution in [1.82, 2.24) is 0 Å².